The van der Waals surface area contributed by atoms with Crippen LogP contribution in [-0.4, -0.2) is 33.8 Å². The minimum atomic E-state index is -0.874. The number of fused-ring (bicyclic) bond motifs is 2. The molecule has 2 heterocycles. The molecule has 2 unspecified atom stereocenters. The van der Waals surface area contributed by atoms with E-state index in [1.54, 1.807) is 4.57 Å². The number of hydrogen-bond acceptors (Lipinski definition) is 3. The Morgan fingerprint density at radius 1 is 1.19 bits per heavy atom. The molecule has 0 spiro atoms. The summed E-state index contributed by atoms with van der Waals surface area (Å²) in [5.41, 5.74) is 6.45. The van der Waals surface area contributed by atoms with Crippen LogP contribution in [-0.2, 0) is 11.3 Å². The highest BCUT2D eigenvalue weighted by Gasteiger charge is 2.30. The first-order chi connectivity index (χ1) is 14.8. The highest BCUT2D eigenvalue weighted by Crippen LogP contribution is 2.38. The SMILES string of the molecule is CCCC(CC(=O)O)n1c(=O)n(CC2CN(C)c3cccc(C)c32)c2ccc(C)cc21. The van der Waals surface area contributed by atoms with Crippen LogP contribution in [0.5, 0.6) is 0 Å². The molecule has 1 N–H and O–H groups in total. The molecule has 1 aliphatic rings. The van der Waals surface area contributed by atoms with Crippen LogP contribution in [0.15, 0.2) is 41.2 Å². The third-order valence-electron chi connectivity index (χ3n) is 6.53. The molecule has 2 aromatic carbocycles. The lowest BCUT2D eigenvalue weighted by molar-refractivity contribution is -0.137. The Bertz CT molecular complexity index is 1190. The molecule has 164 valence electrons. The van der Waals surface area contributed by atoms with Gasteiger partial charge < -0.3 is 10.0 Å². The van der Waals surface area contributed by atoms with Crippen LogP contribution < -0.4 is 10.6 Å². The summed E-state index contributed by atoms with van der Waals surface area (Å²) in [4.78, 5) is 27.5. The van der Waals surface area contributed by atoms with Gasteiger partial charge in [-0.2, -0.15) is 0 Å². The molecule has 1 aromatic heterocycles. The number of carboxylic acid groups (broad SMARTS) is 1. The molecule has 0 saturated carbocycles. The number of hydrogen-bond donors (Lipinski definition) is 1. The standard InChI is InChI=1S/C25H31N3O3/c1-5-7-19(13-23(29)30)28-22-12-16(2)10-11-20(22)27(25(28)31)15-18-14-26(4)21-9-6-8-17(3)24(18)21/h6,8-12,18-19H,5,7,13-15H2,1-4H3,(H,29,30). The Morgan fingerprint density at radius 3 is 2.68 bits per heavy atom. The number of aliphatic carboxylic acids is 1. The summed E-state index contributed by atoms with van der Waals surface area (Å²) in [5, 5.41) is 9.47. The van der Waals surface area contributed by atoms with Crippen LogP contribution in [0.4, 0.5) is 5.69 Å². The van der Waals surface area contributed by atoms with Crippen molar-refractivity contribution in [2.45, 2.75) is 58.5 Å². The molecule has 3 aromatic rings. The molecule has 0 saturated heterocycles. The van der Waals surface area contributed by atoms with Gasteiger partial charge in [0.25, 0.3) is 0 Å². The fraction of sp³-hybridized carbons (Fsp3) is 0.440. The van der Waals surface area contributed by atoms with E-state index in [1.807, 2.05) is 36.6 Å². The largest absolute Gasteiger partial charge is 0.481 e. The molecule has 0 bridgehead atoms. The van der Waals surface area contributed by atoms with Gasteiger partial charge in [-0.1, -0.05) is 31.5 Å². The Balaban J connectivity index is 1.84. The van der Waals surface area contributed by atoms with Crippen molar-refractivity contribution in [1.82, 2.24) is 9.13 Å². The van der Waals surface area contributed by atoms with Gasteiger partial charge in [-0.3, -0.25) is 13.9 Å². The highest BCUT2D eigenvalue weighted by molar-refractivity contribution is 5.78. The summed E-state index contributed by atoms with van der Waals surface area (Å²) in [6.07, 6.45) is 1.44. The van der Waals surface area contributed by atoms with Crippen molar-refractivity contribution in [2.24, 2.45) is 0 Å². The molecule has 0 amide bonds. The summed E-state index contributed by atoms with van der Waals surface area (Å²) in [7, 11) is 2.10. The lowest BCUT2D eigenvalue weighted by Crippen LogP contribution is -2.30. The first-order valence-corrected chi connectivity index (χ1v) is 11.1. The summed E-state index contributed by atoms with van der Waals surface area (Å²) in [6.45, 7) is 7.60. The molecule has 31 heavy (non-hydrogen) atoms. The molecule has 0 fully saturated rings. The van der Waals surface area contributed by atoms with Crippen molar-refractivity contribution in [3.8, 4) is 0 Å². The van der Waals surface area contributed by atoms with Crippen molar-refractivity contribution in [3.05, 3.63) is 63.6 Å². The number of likely N-dealkylation sites (N-methyl/N-ethyl adjacent to an activating group) is 1. The number of imidazole rings is 1. The Morgan fingerprint density at radius 2 is 1.97 bits per heavy atom. The van der Waals surface area contributed by atoms with Gasteiger partial charge in [0.05, 0.1) is 17.5 Å². The molecule has 1 aliphatic heterocycles. The number of carboxylic acids is 1. The molecular formula is C25H31N3O3. The zero-order valence-corrected chi connectivity index (χ0v) is 18.8. The van der Waals surface area contributed by atoms with Crippen LogP contribution in [0.1, 0.15) is 54.8 Å². The zero-order chi connectivity index (χ0) is 22.3. The van der Waals surface area contributed by atoms with Crippen LogP contribution in [0.2, 0.25) is 0 Å². The third-order valence-corrected chi connectivity index (χ3v) is 6.53. The average molecular weight is 422 g/mol. The first-order valence-electron chi connectivity index (χ1n) is 11.1. The van der Waals surface area contributed by atoms with E-state index >= 15 is 0 Å². The predicted octanol–water partition coefficient (Wildman–Crippen LogP) is 4.47. The molecule has 2 atom stereocenters. The fourth-order valence-corrected chi connectivity index (χ4v) is 5.20. The summed E-state index contributed by atoms with van der Waals surface area (Å²) in [6, 6.07) is 12.0. The lowest BCUT2D eigenvalue weighted by atomic mass is 9.96. The second kappa shape index (κ2) is 8.25. The van der Waals surface area contributed by atoms with Crippen LogP contribution in [0.3, 0.4) is 0 Å². The Kier molecular flexibility index (Phi) is 5.65. The van der Waals surface area contributed by atoms with Crippen molar-refractivity contribution in [1.29, 1.82) is 0 Å². The molecular weight excluding hydrogens is 390 g/mol. The summed E-state index contributed by atoms with van der Waals surface area (Å²) < 4.78 is 3.59. The van der Waals surface area contributed by atoms with E-state index in [0.29, 0.717) is 13.0 Å². The number of benzene rings is 2. The van der Waals surface area contributed by atoms with Crippen molar-refractivity contribution < 1.29 is 9.90 Å². The number of carbonyl (C=O) groups is 1. The van der Waals surface area contributed by atoms with E-state index in [9.17, 15) is 14.7 Å². The van der Waals surface area contributed by atoms with Crippen molar-refractivity contribution in [2.75, 3.05) is 18.5 Å². The van der Waals surface area contributed by atoms with Crippen LogP contribution in [0, 0.1) is 13.8 Å². The maximum absolute atomic E-state index is 13.7. The maximum atomic E-state index is 13.7. The lowest BCUT2D eigenvalue weighted by Gasteiger charge is -2.16. The molecule has 0 aliphatic carbocycles. The van der Waals surface area contributed by atoms with Gasteiger partial charge in [-0.15, -0.1) is 0 Å². The van der Waals surface area contributed by atoms with E-state index in [2.05, 4.69) is 37.1 Å². The minimum Gasteiger partial charge on any atom is -0.481 e. The van der Waals surface area contributed by atoms with E-state index in [-0.39, 0.29) is 24.1 Å². The van der Waals surface area contributed by atoms with E-state index < -0.39 is 5.97 Å². The van der Waals surface area contributed by atoms with Gasteiger partial charge in [0.1, 0.15) is 0 Å². The first kappa shape index (κ1) is 21.2. The Hall–Kier alpha value is -3.02. The topological polar surface area (TPSA) is 67.5 Å². The van der Waals surface area contributed by atoms with Crippen LogP contribution in [0.25, 0.3) is 11.0 Å². The van der Waals surface area contributed by atoms with Gasteiger partial charge >= 0.3 is 11.7 Å². The number of rotatable bonds is 7. The van der Waals surface area contributed by atoms with Gasteiger partial charge in [0, 0.05) is 37.8 Å². The van der Waals surface area contributed by atoms with Gasteiger partial charge in [-0.05, 0) is 55.2 Å². The second-order valence-electron chi connectivity index (χ2n) is 8.88. The van der Waals surface area contributed by atoms with Crippen LogP contribution >= 0.6 is 0 Å². The molecule has 0 radical (unpaired) electrons. The second-order valence-corrected chi connectivity index (χ2v) is 8.88. The number of aromatic nitrogens is 2. The smallest absolute Gasteiger partial charge is 0.329 e. The van der Waals surface area contributed by atoms with Gasteiger partial charge in [0.2, 0.25) is 0 Å². The van der Waals surface area contributed by atoms with Crippen molar-refractivity contribution >= 4 is 22.7 Å². The zero-order valence-electron chi connectivity index (χ0n) is 18.8. The summed E-state index contributed by atoms with van der Waals surface area (Å²) in [5.74, 6) is -0.663. The molecule has 6 nitrogen and oxygen atoms in total. The van der Waals surface area contributed by atoms with Gasteiger partial charge in [-0.25, -0.2) is 4.79 Å². The number of anilines is 1. The van der Waals surface area contributed by atoms with Gasteiger partial charge in [0.15, 0.2) is 0 Å². The van der Waals surface area contributed by atoms with E-state index in [0.717, 1.165) is 29.6 Å². The highest BCUT2D eigenvalue weighted by atomic mass is 16.4. The average Bonchev–Trinajstić information content (AvgIpc) is 3.16. The van der Waals surface area contributed by atoms with Crippen molar-refractivity contribution in [3.63, 3.8) is 0 Å². The Labute approximate surface area is 182 Å². The minimum absolute atomic E-state index is 0.0467. The number of aryl methyl sites for hydroxylation is 2. The fourth-order valence-electron chi connectivity index (χ4n) is 5.20. The monoisotopic (exact) mass is 421 g/mol. The molecule has 4 rings (SSSR count). The quantitative estimate of drug-likeness (QED) is 0.611. The maximum Gasteiger partial charge on any atom is 0.329 e. The third kappa shape index (κ3) is 3.75. The van der Waals surface area contributed by atoms with E-state index in [4.69, 9.17) is 0 Å². The molecule has 6 heteroatoms. The number of nitrogens with zero attached hydrogens (tertiary/aromatic N) is 3. The predicted molar refractivity (Wildman–Crippen MR) is 124 cm³/mol. The summed E-state index contributed by atoms with van der Waals surface area (Å²) >= 11 is 0. The normalized spacial score (nSPS) is 16.6. The van der Waals surface area contributed by atoms with E-state index in [1.165, 1.54) is 16.8 Å².